The van der Waals surface area contributed by atoms with E-state index in [-0.39, 0.29) is 12.5 Å². The average Bonchev–Trinajstić information content (AvgIpc) is 3.65. The molecule has 3 fully saturated rings. The van der Waals surface area contributed by atoms with E-state index in [1.807, 2.05) is 35.9 Å². The molecule has 15 heteroatoms. The van der Waals surface area contributed by atoms with Crippen LogP contribution in [0.4, 0.5) is 17.3 Å². The van der Waals surface area contributed by atoms with E-state index in [1.54, 1.807) is 28.2 Å². The minimum absolute atomic E-state index is 0.0133. The van der Waals surface area contributed by atoms with Crippen LogP contribution in [0.5, 0.6) is 0 Å². The number of carbonyl (C=O) groups excluding carboxylic acids is 2. The summed E-state index contributed by atoms with van der Waals surface area (Å²) in [4.78, 5) is 36.4. The van der Waals surface area contributed by atoms with Crippen molar-refractivity contribution < 1.29 is 19.1 Å². The number of carbonyl (C=O) groups is 2. The fraction of sp³-hybridized carbons (Fsp3) is 0.444. The molecule has 1 saturated carbocycles. The number of anilines is 3. The average molecular weight is 760 g/mol. The van der Waals surface area contributed by atoms with E-state index < -0.39 is 11.8 Å². The second-order valence-corrected chi connectivity index (χ2v) is 14.3. The Kier molecular flexibility index (Phi) is 10.5. The van der Waals surface area contributed by atoms with Crippen LogP contribution >= 0.6 is 15.9 Å². The maximum absolute atomic E-state index is 13.3. The molecular weight excluding hydrogens is 716 g/mol. The number of aryl methyl sites for hydroxylation is 1. The van der Waals surface area contributed by atoms with Crippen molar-refractivity contribution >= 4 is 66.9 Å². The minimum Gasteiger partial charge on any atom is -0.383 e. The molecule has 2 saturated heterocycles. The van der Waals surface area contributed by atoms with Gasteiger partial charge in [-0.05, 0) is 91.3 Å². The number of nitrogen functional groups attached to an aromatic ring is 2. The molecule has 268 valence electrons. The highest BCUT2D eigenvalue weighted by atomic mass is 79.9. The van der Waals surface area contributed by atoms with Gasteiger partial charge >= 0.3 is 11.8 Å². The van der Waals surface area contributed by atoms with E-state index in [2.05, 4.69) is 41.4 Å². The number of hydrogen-bond acceptors (Lipinski definition) is 10. The number of ether oxygens (including phenoxy) is 2. The number of nitrogens with two attached hydrogens (primary N) is 2. The van der Waals surface area contributed by atoms with Crippen molar-refractivity contribution in [2.75, 3.05) is 36.5 Å². The number of amides is 2. The molecule has 1 aliphatic carbocycles. The van der Waals surface area contributed by atoms with Gasteiger partial charge in [0.05, 0.1) is 45.0 Å². The summed E-state index contributed by atoms with van der Waals surface area (Å²) in [5, 5.41) is 13.1. The number of nitrogens with one attached hydrogen (secondary N) is 1. The van der Waals surface area contributed by atoms with Crippen molar-refractivity contribution in [3.63, 3.8) is 0 Å². The van der Waals surface area contributed by atoms with Crippen LogP contribution in [-0.4, -0.2) is 66.0 Å². The first-order valence-corrected chi connectivity index (χ1v) is 18.3. The number of benzene rings is 1. The van der Waals surface area contributed by atoms with E-state index in [0.29, 0.717) is 53.8 Å². The maximum atomic E-state index is 13.3. The van der Waals surface area contributed by atoms with Crippen LogP contribution in [0.3, 0.4) is 0 Å². The van der Waals surface area contributed by atoms with Crippen LogP contribution in [0.2, 0.25) is 0 Å². The van der Waals surface area contributed by atoms with Crippen molar-refractivity contribution in [2.24, 2.45) is 5.92 Å². The molecule has 1 aromatic carbocycles. The SMILES string of the molecule is Cc1ccccc1CN(CC1CC1)C(=O)C(=O)Nc1cnc(N)c2cnn(C3CCCCO3)c12.Nc1ncc(Br)c2c1cnn2C1CCCCO1. The van der Waals surface area contributed by atoms with E-state index in [4.69, 9.17) is 20.9 Å². The van der Waals surface area contributed by atoms with Gasteiger partial charge in [-0.25, -0.2) is 19.3 Å². The molecule has 2 atom stereocenters. The van der Waals surface area contributed by atoms with Crippen molar-refractivity contribution in [1.82, 2.24) is 34.4 Å². The topological polar surface area (TPSA) is 181 Å². The van der Waals surface area contributed by atoms with Gasteiger partial charge in [0.15, 0.2) is 12.5 Å². The van der Waals surface area contributed by atoms with Gasteiger partial charge in [-0.1, -0.05) is 24.3 Å². The largest absolute Gasteiger partial charge is 0.383 e. The summed E-state index contributed by atoms with van der Waals surface area (Å²) < 4.78 is 16.2. The van der Waals surface area contributed by atoms with Gasteiger partial charge in [0.1, 0.15) is 17.2 Å². The molecular formula is C36H43BrN10O4. The van der Waals surface area contributed by atoms with E-state index in [9.17, 15) is 9.59 Å². The summed E-state index contributed by atoms with van der Waals surface area (Å²) in [7, 11) is 0. The van der Waals surface area contributed by atoms with Gasteiger partial charge in [-0.3, -0.25) is 9.59 Å². The van der Waals surface area contributed by atoms with Crippen LogP contribution in [-0.2, 0) is 25.6 Å². The Morgan fingerprint density at radius 2 is 1.47 bits per heavy atom. The highest BCUT2D eigenvalue weighted by Gasteiger charge is 2.31. The monoisotopic (exact) mass is 758 g/mol. The summed E-state index contributed by atoms with van der Waals surface area (Å²) in [5.41, 5.74) is 16.0. The van der Waals surface area contributed by atoms with Crippen molar-refractivity contribution in [3.05, 3.63) is 64.7 Å². The predicted molar refractivity (Wildman–Crippen MR) is 197 cm³/mol. The fourth-order valence-electron chi connectivity index (χ4n) is 6.63. The number of nitrogens with zero attached hydrogens (tertiary/aromatic N) is 7. The Hall–Kier alpha value is -4.60. The lowest BCUT2D eigenvalue weighted by atomic mass is 10.1. The summed E-state index contributed by atoms with van der Waals surface area (Å²) in [5.74, 6) is 0.0247. The van der Waals surface area contributed by atoms with Gasteiger partial charge in [0.2, 0.25) is 0 Å². The number of pyridine rings is 2. The molecule has 5 aromatic rings. The number of hydrogen-bond donors (Lipinski definition) is 3. The number of rotatable bonds is 7. The summed E-state index contributed by atoms with van der Waals surface area (Å²) >= 11 is 3.49. The van der Waals surface area contributed by atoms with Crippen LogP contribution in [0.25, 0.3) is 21.8 Å². The first-order valence-electron chi connectivity index (χ1n) is 17.5. The summed E-state index contributed by atoms with van der Waals surface area (Å²) in [6.45, 7) is 4.44. The summed E-state index contributed by atoms with van der Waals surface area (Å²) in [6, 6.07) is 7.93. The van der Waals surface area contributed by atoms with E-state index in [0.717, 1.165) is 78.1 Å². The highest BCUT2D eigenvalue weighted by Crippen LogP contribution is 2.34. The molecule has 0 spiro atoms. The second kappa shape index (κ2) is 15.3. The van der Waals surface area contributed by atoms with Gasteiger partial charge in [0, 0.05) is 32.5 Å². The van der Waals surface area contributed by atoms with E-state index in [1.165, 1.54) is 12.6 Å². The lowest BCUT2D eigenvalue weighted by Gasteiger charge is -2.25. The molecule has 4 aromatic heterocycles. The molecule has 8 rings (SSSR count). The maximum Gasteiger partial charge on any atom is 0.314 e. The highest BCUT2D eigenvalue weighted by molar-refractivity contribution is 9.10. The smallest absolute Gasteiger partial charge is 0.314 e. The number of fused-ring (bicyclic) bond motifs is 2. The first kappa shape index (κ1) is 34.8. The van der Waals surface area contributed by atoms with Crippen LogP contribution in [0, 0.1) is 12.8 Å². The Morgan fingerprint density at radius 3 is 2.08 bits per heavy atom. The first-order chi connectivity index (χ1) is 24.8. The lowest BCUT2D eigenvalue weighted by Crippen LogP contribution is -2.40. The Balaban J connectivity index is 0.000000199. The number of halogens is 1. The Morgan fingerprint density at radius 1 is 0.863 bits per heavy atom. The summed E-state index contributed by atoms with van der Waals surface area (Å²) in [6.07, 6.45) is 14.7. The molecule has 0 bridgehead atoms. The zero-order valence-corrected chi connectivity index (χ0v) is 30.2. The fourth-order valence-corrected chi connectivity index (χ4v) is 7.13. The molecule has 5 N–H and O–H groups in total. The normalized spacial score (nSPS) is 19.0. The lowest BCUT2D eigenvalue weighted by molar-refractivity contribution is -0.143. The Labute approximate surface area is 304 Å². The second-order valence-electron chi connectivity index (χ2n) is 13.4. The van der Waals surface area contributed by atoms with E-state index >= 15 is 0 Å². The molecule has 6 heterocycles. The molecule has 3 aliphatic rings. The zero-order chi connectivity index (χ0) is 35.5. The van der Waals surface area contributed by atoms with Crippen molar-refractivity contribution in [1.29, 1.82) is 0 Å². The standard InChI is InChI=1S/C25H30N6O3.C11H13BrN4O/c1-16-6-2-3-7-18(16)15-30(14-17-9-10-17)25(33)24(32)29-20-13-27-23(26)19-12-28-31(22(19)20)21-8-4-5-11-34-21;12-8-6-14-11(13)7-5-15-16(10(7)8)9-3-1-2-4-17-9/h2-3,6-7,12-13,17,21H,4-5,8-11,14-15H2,1H3,(H2,26,27)(H,29,32);5-6,9H,1-4H2,(H2,13,14). The molecule has 51 heavy (non-hydrogen) atoms. The molecule has 0 radical (unpaired) electrons. The van der Waals surface area contributed by atoms with Crippen molar-refractivity contribution in [2.45, 2.75) is 77.3 Å². The van der Waals surface area contributed by atoms with Gasteiger partial charge in [0.25, 0.3) is 0 Å². The third-order valence-electron chi connectivity index (χ3n) is 9.66. The number of aromatic nitrogens is 6. The quantitative estimate of drug-likeness (QED) is 0.170. The van der Waals surface area contributed by atoms with Gasteiger partial charge in [-0.2, -0.15) is 10.2 Å². The molecule has 2 amide bonds. The Bertz CT molecular complexity index is 2030. The van der Waals surface area contributed by atoms with Gasteiger partial charge < -0.3 is 31.2 Å². The van der Waals surface area contributed by atoms with Gasteiger partial charge in [-0.15, -0.1) is 0 Å². The third kappa shape index (κ3) is 7.70. The van der Waals surface area contributed by atoms with Crippen LogP contribution < -0.4 is 16.8 Å². The molecule has 2 aliphatic heterocycles. The zero-order valence-electron chi connectivity index (χ0n) is 28.6. The van der Waals surface area contributed by atoms with Crippen LogP contribution in [0.15, 0.2) is 53.5 Å². The minimum atomic E-state index is -0.695. The molecule has 14 nitrogen and oxygen atoms in total. The third-order valence-corrected chi connectivity index (χ3v) is 10.2. The van der Waals surface area contributed by atoms with Crippen molar-refractivity contribution in [3.8, 4) is 0 Å². The van der Waals surface area contributed by atoms with Crippen LogP contribution in [0.1, 0.15) is 74.9 Å². The predicted octanol–water partition coefficient (Wildman–Crippen LogP) is 5.87. The molecule has 2 unspecified atom stereocenters.